The number of ether oxygens (including phenoxy) is 3. The Morgan fingerprint density at radius 1 is 1.06 bits per heavy atom. The molecule has 0 radical (unpaired) electrons. The monoisotopic (exact) mass is 236 g/mol. The van der Waals surface area contributed by atoms with Crippen molar-refractivity contribution in [3.8, 4) is 17.2 Å². The van der Waals surface area contributed by atoms with Gasteiger partial charge in [-0.3, -0.25) is 4.79 Å². The minimum Gasteiger partial charge on any atom is -0.493 e. The summed E-state index contributed by atoms with van der Waals surface area (Å²) in [6.07, 6.45) is 0. The Balaban J connectivity index is 3.43. The standard InChI is InChI=1S/C13H16O4/c1-8(2)11(14)9-6-7-10(15-3)13(17-5)12(9)16-4/h6-7H,1H2,2-5H3. The SMILES string of the molecule is C=C(C)C(=O)c1ccc(OC)c(OC)c1OC. The van der Waals surface area contributed by atoms with E-state index in [4.69, 9.17) is 14.2 Å². The Morgan fingerprint density at radius 2 is 1.65 bits per heavy atom. The molecule has 17 heavy (non-hydrogen) atoms. The summed E-state index contributed by atoms with van der Waals surface area (Å²) in [6, 6.07) is 3.30. The van der Waals surface area contributed by atoms with Crippen LogP contribution in [0.4, 0.5) is 0 Å². The maximum Gasteiger partial charge on any atom is 0.204 e. The molecular formula is C13H16O4. The molecule has 1 aromatic rings. The zero-order valence-electron chi connectivity index (χ0n) is 10.5. The largest absolute Gasteiger partial charge is 0.493 e. The molecule has 0 atom stereocenters. The van der Waals surface area contributed by atoms with Crippen LogP contribution in [0.3, 0.4) is 0 Å². The average molecular weight is 236 g/mol. The number of ketones is 1. The summed E-state index contributed by atoms with van der Waals surface area (Å²) in [5.41, 5.74) is 0.855. The number of carbonyl (C=O) groups is 1. The maximum absolute atomic E-state index is 11.9. The highest BCUT2D eigenvalue weighted by atomic mass is 16.5. The molecule has 0 N–H and O–H groups in total. The van der Waals surface area contributed by atoms with Crippen molar-refractivity contribution in [3.05, 3.63) is 29.8 Å². The highest BCUT2D eigenvalue weighted by molar-refractivity contribution is 6.10. The van der Waals surface area contributed by atoms with Crippen molar-refractivity contribution in [2.24, 2.45) is 0 Å². The van der Waals surface area contributed by atoms with Crippen LogP contribution in [-0.2, 0) is 0 Å². The number of Topliss-reactive ketones (excluding diaryl/α,β-unsaturated/α-hetero) is 1. The topological polar surface area (TPSA) is 44.8 Å². The molecule has 1 aromatic carbocycles. The van der Waals surface area contributed by atoms with Gasteiger partial charge in [0.15, 0.2) is 17.3 Å². The lowest BCUT2D eigenvalue weighted by atomic mass is 10.0. The van der Waals surface area contributed by atoms with Crippen LogP contribution in [0.15, 0.2) is 24.3 Å². The molecule has 0 saturated carbocycles. The predicted octanol–water partition coefficient (Wildman–Crippen LogP) is 2.47. The summed E-state index contributed by atoms with van der Waals surface area (Å²) in [4.78, 5) is 11.9. The van der Waals surface area contributed by atoms with Crippen LogP contribution >= 0.6 is 0 Å². The van der Waals surface area contributed by atoms with E-state index >= 15 is 0 Å². The molecule has 0 aliphatic heterocycles. The Bertz CT molecular complexity index is 449. The second-order valence-electron chi connectivity index (χ2n) is 3.49. The van der Waals surface area contributed by atoms with Gasteiger partial charge in [0.1, 0.15) is 0 Å². The molecule has 0 amide bonds. The van der Waals surface area contributed by atoms with Crippen LogP contribution in [0, 0.1) is 0 Å². The van der Waals surface area contributed by atoms with Gasteiger partial charge < -0.3 is 14.2 Å². The molecule has 1 rings (SSSR count). The summed E-state index contributed by atoms with van der Waals surface area (Å²) in [5, 5.41) is 0. The number of methoxy groups -OCH3 is 3. The van der Waals surface area contributed by atoms with E-state index in [0.717, 1.165) is 0 Å². The highest BCUT2D eigenvalue weighted by Gasteiger charge is 2.20. The molecule has 0 bridgehead atoms. The van der Waals surface area contributed by atoms with E-state index in [2.05, 4.69) is 6.58 Å². The Morgan fingerprint density at radius 3 is 2.06 bits per heavy atom. The van der Waals surface area contributed by atoms with Crippen LogP contribution in [-0.4, -0.2) is 27.1 Å². The third-order valence-electron chi connectivity index (χ3n) is 2.34. The molecule has 0 aromatic heterocycles. The lowest BCUT2D eigenvalue weighted by molar-refractivity contribution is 0.103. The fraction of sp³-hybridized carbons (Fsp3) is 0.308. The number of rotatable bonds is 5. The van der Waals surface area contributed by atoms with Crippen molar-refractivity contribution in [3.63, 3.8) is 0 Å². The van der Waals surface area contributed by atoms with Gasteiger partial charge in [-0.1, -0.05) is 6.58 Å². The molecule has 0 unspecified atom stereocenters. The fourth-order valence-electron chi connectivity index (χ4n) is 1.51. The zero-order chi connectivity index (χ0) is 13.0. The number of benzene rings is 1. The van der Waals surface area contributed by atoms with E-state index in [0.29, 0.717) is 28.4 Å². The molecule has 0 aliphatic carbocycles. The summed E-state index contributed by atoms with van der Waals surface area (Å²) < 4.78 is 15.5. The summed E-state index contributed by atoms with van der Waals surface area (Å²) >= 11 is 0. The van der Waals surface area contributed by atoms with Gasteiger partial charge in [-0.25, -0.2) is 0 Å². The van der Waals surface area contributed by atoms with Gasteiger partial charge >= 0.3 is 0 Å². The zero-order valence-corrected chi connectivity index (χ0v) is 10.5. The van der Waals surface area contributed by atoms with Crippen molar-refractivity contribution in [1.82, 2.24) is 0 Å². The van der Waals surface area contributed by atoms with Crippen LogP contribution < -0.4 is 14.2 Å². The second kappa shape index (κ2) is 5.39. The number of allylic oxidation sites excluding steroid dienone is 1. The molecular weight excluding hydrogens is 220 g/mol. The van der Waals surface area contributed by atoms with Crippen LogP contribution in [0.2, 0.25) is 0 Å². The van der Waals surface area contributed by atoms with E-state index in [1.54, 1.807) is 19.1 Å². The van der Waals surface area contributed by atoms with Crippen molar-refractivity contribution in [1.29, 1.82) is 0 Å². The molecule has 4 nitrogen and oxygen atoms in total. The molecule has 0 saturated heterocycles. The van der Waals surface area contributed by atoms with Crippen molar-refractivity contribution in [2.75, 3.05) is 21.3 Å². The summed E-state index contributed by atoms with van der Waals surface area (Å²) in [7, 11) is 4.50. The van der Waals surface area contributed by atoms with E-state index in [1.165, 1.54) is 21.3 Å². The van der Waals surface area contributed by atoms with Gasteiger partial charge in [-0.2, -0.15) is 0 Å². The number of carbonyl (C=O) groups excluding carboxylic acids is 1. The van der Waals surface area contributed by atoms with E-state index < -0.39 is 0 Å². The molecule has 92 valence electrons. The minimum atomic E-state index is -0.178. The molecule has 0 spiro atoms. The van der Waals surface area contributed by atoms with Crippen molar-refractivity contribution in [2.45, 2.75) is 6.92 Å². The van der Waals surface area contributed by atoms with Crippen LogP contribution in [0.1, 0.15) is 17.3 Å². The maximum atomic E-state index is 11.9. The Labute approximate surface area is 101 Å². The highest BCUT2D eigenvalue weighted by Crippen LogP contribution is 2.40. The Hall–Kier alpha value is -1.97. The van der Waals surface area contributed by atoms with E-state index in [-0.39, 0.29) is 5.78 Å². The first-order chi connectivity index (χ1) is 8.06. The minimum absolute atomic E-state index is 0.178. The van der Waals surface area contributed by atoms with Gasteiger partial charge in [0, 0.05) is 0 Å². The van der Waals surface area contributed by atoms with Gasteiger partial charge in [0.2, 0.25) is 5.75 Å². The number of hydrogen-bond acceptors (Lipinski definition) is 4. The van der Waals surface area contributed by atoms with Crippen LogP contribution in [0.25, 0.3) is 0 Å². The van der Waals surface area contributed by atoms with Gasteiger partial charge in [-0.15, -0.1) is 0 Å². The molecule has 0 aliphatic rings. The van der Waals surface area contributed by atoms with Crippen LogP contribution in [0.5, 0.6) is 17.2 Å². The normalized spacial score (nSPS) is 9.65. The fourth-order valence-corrected chi connectivity index (χ4v) is 1.51. The van der Waals surface area contributed by atoms with Gasteiger partial charge in [-0.05, 0) is 24.6 Å². The first kappa shape index (κ1) is 13.1. The second-order valence-corrected chi connectivity index (χ2v) is 3.49. The van der Waals surface area contributed by atoms with E-state index in [1.807, 2.05) is 0 Å². The quantitative estimate of drug-likeness (QED) is 0.582. The van der Waals surface area contributed by atoms with Crippen molar-refractivity contribution >= 4 is 5.78 Å². The lowest BCUT2D eigenvalue weighted by Crippen LogP contribution is -2.05. The van der Waals surface area contributed by atoms with Crippen molar-refractivity contribution < 1.29 is 19.0 Å². The molecule has 0 fully saturated rings. The molecule has 0 heterocycles. The lowest BCUT2D eigenvalue weighted by Gasteiger charge is -2.14. The summed E-state index contributed by atoms with van der Waals surface area (Å²) in [6.45, 7) is 5.28. The third-order valence-corrected chi connectivity index (χ3v) is 2.34. The predicted molar refractivity (Wildman–Crippen MR) is 65.2 cm³/mol. The van der Waals surface area contributed by atoms with E-state index in [9.17, 15) is 4.79 Å². The number of hydrogen-bond donors (Lipinski definition) is 0. The average Bonchev–Trinajstić information content (AvgIpc) is 2.35. The first-order valence-electron chi connectivity index (χ1n) is 5.06. The van der Waals surface area contributed by atoms with Gasteiger partial charge in [0.05, 0.1) is 26.9 Å². The Kier molecular flexibility index (Phi) is 4.15. The summed E-state index contributed by atoms with van der Waals surface area (Å²) in [5.74, 6) is 1.10. The molecule has 4 heteroatoms. The smallest absolute Gasteiger partial charge is 0.204 e. The first-order valence-corrected chi connectivity index (χ1v) is 5.06. The third kappa shape index (κ3) is 2.41. The van der Waals surface area contributed by atoms with Gasteiger partial charge in [0.25, 0.3) is 0 Å².